The number of esters is 1. The third kappa shape index (κ3) is 5.20. The largest absolute Gasteiger partial charge is 0.465 e. The van der Waals surface area contributed by atoms with Gasteiger partial charge in [-0.05, 0) is 29.8 Å². The van der Waals surface area contributed by atoms with Gasteiger partial charge in [0, 0.05) is 24.6 Å². The molecule has 0 aliphatic heterocycles. The molecule has 0 aliphatic carbocycles. The minimum atomic E-state index is -0.500. The molecule has 0 unspecified atom stereocenters. The normalized spacial score (nSPS) is 9.88. The van der Waals surface area contributed by atoms with Crippen LogP contribution in [0.15, 0.2) is 48.8 Å². The second-order valence-electron chi connectivity index (χ2n) is 4.94. The van der Waals surface area contributed by atoms with Crippen molar-refractivity contribution >= 4 is 23.5 Å². The van der Waals surface area contributed by atoms with E-state index in [1.54, 1.807) is 36.7 Å². The number of anilines is 1. The Balaban J connectivity index is 1.84. The van der Waals surface area contributed by atoms with E-state index in [2.05, 4.69) is 20.4 Å². The smallest absolute Gasteiger partial charge is 0.337 e. The molecule has 0 saturated heterocycles. The number of carbonyl (C=O) groups excluding carboxylic acids is 3. The van der Waals surface area contributed by atoms with Gasteiger partial charge < -0.3 is 15.4 Å². The number of hydrogen-bond acceptors (Lipinski definition) is 5. The Morgan fingerprint density at radius 3 is 2.67 bits per heavy atom. The maximum Gasteiger partial charge on any atom is 0.337 e. The van der Waals surface area contributed by atoms with Gasteiger partial charge in [-0.15, -0.1) is 0 Å². The third-order valence-corrected chi connectivity index (χ3v) is 3.10. The first kappa shape index (κ1) is 17.1. The lowest BCUT2D eigenvalue weighted by molar-refractivity contribution is -0.126. The number of benzene rings is 1. The monoisotopic (exact) mass is 327 g/mol. The second-order valence-corrected chi connectivity index (χ2v) is 4.94. The van der Waals surface area contributed by atoms with Gasteiger partial charge in [0.1, 0.15) is 6.42 Å². The molecule has 0 fully saturated rings. The fraction of sp³-hybridized carbons (Fsp3) is 0.176. The Morgan fingerprint density at radius 1 is 1.12 bits per heavy atom. The zero-order chi connectivity index (χ0) is 17.4. The predicted octanol–water partition coefficient (Wildman–Crippen LogP) is 1.51. The van der Waals surface area contributed by atoms with Gasteiger partial charge in [-0.1, -0.05) is 12.1 Å². The number of aromatic nitrogens is 1. The number of nitrogens with zero attached hydrogens (tertiary/aromatic N) is 1. The summed E-state index contributed by atoms with van der Waals surface area (Å²) >= 11 is 0. The molecule has 1 heterocycles. The second kappa shape index (κ2) is 8.42. The average Bonchev–Trinajstić information content (AvgIpc) is 2.60. The van der Waals surface area contributed by atoms with E-state index >= 15 is 0 Å². The van der Waals surface area contributed by atoms with E-state index in [4.69, 9.17) is 0 Å². The lowest BCUT2D eigenvalue weighted by atomic mass is 10.2. The molecule has 2 aromatic rings. The predicted molar refractivity (Wildman–Crippen MR) is 87.1 cm³/mol. The molecule has 1 aromatic carbocycles. The summed E-state index contributed by atoms with van der Waals surface area (Å²) in [5, 5.41) is 5.21. The molecule has 1 aromatic heterocycles. The lowest BCUT2D eigenvalue weighted by Gasteiger charge is -2.07. The highest BCUT2D eigenvalue weighted by Gasteiger charge is 2.11. The molecule has 7 nitrogen and oxygen atoms in total. The van der Waals surface area contributed by atoms with Crippen LogP contribution < -0.4 is 10.6 Å². The fourth-order valence-electron chi connectivity index (χ4n) is 1.96. The maximum absolute atomic E-state index is 11.9. The van der Waals surface area contributed by atoms with Crippen molar-refractivity contribution in [3.8, 4) is 0 Å². The number of methoxy groups -OCH3 is 1. The van der Waals surface area contributed by atoms with Crippen LogP contribution >= 0.6 is 0 Å². The Hall–Kier alpha value is -3.22. The van der Waals surface area contributed by atoms with Crippen LogP contribution in [-0.2, 0) is 20.9 Å². The number of nitrogens with one attached hydrogen (secondary N) is 2. The SMILES string of the molecule is COC(=O)c1cccc(NC(=O)CC(=O)NCc2cccnc2)c1. The minimum Gasteiger partial charge on any atom is -0.465 e. The van der Waals surface area contributed by atoms with Gasteiger partial charge in [-0.2, -0.15) is 0 Å². The van der Waals surface area contributed by atoms with E-state index in [1.165, 1.54) is 13.2 Å². The molecule has 0 saturated carbocycles. The van der Waals surface area contributed by atoms with Crippen LogP contribution in [0.3, 0.4) is 0 Å². The van der Waals surface area contributed by atoms with Crippen LogP contribution in [-0.4, -0.2) is 29.9 Å². The molecular formula is C17H17N3O4. The summed E-state index contributed by atoms with van der Waals surface area (Å²) in [6.07, 6.45) is 2.96. The van der Waals surface area contributed by atoms with Gasteiger partial charge in [-0.3, -0.25) is 14.6 Å². The summed E-state index contributed by atoms with van der Waals surface area (Å²) in [6.45, 7) is 0.303. The van der Waals surface area contributed by atoms with Crippen molar-refractivity contribution in [2.75, 3.05) is 12.4 Å². The molecule has 124 valence electrons. The van der Waals surface area contributed by atoms with Gasteiger partial charge in [0.2, 0.25) is 11.8 Å². The van der Waals surface area contributed by atoms with Crippen LogP contribution in [0.1, 0.15) is 22.3 Å². The van der Waals surface area contributed by atoms with Crippen molar-refractivity contribution < 1.29 is 19.1 Å². The summed E-state index contributed by atoms with van der Waals surface area (Å²) in [4.78, 5) is 39.0. The van der Waals surface area contributed by atoms with Crippen LogP contribution in [0, 0.1) is 0 Å². The number of carbonyl (C=O) groups is 3. The van der Waals surface area contributed by atoms with Gasteiger partial charge in [0.15, 0.2) is 0 Å². The standard InChI is InChI=1S/C17H17N3O4/c1-24-17(23)13-5-2-6-14(8-13)20-16(22)9-15(21)19-11-12-4-3-7-18-10-12/h2-8,10H,9,11H2,1H3,(H,19,21)(H,20,22). The van der Waals surface area contributed by atoms with Crippen molar-refractivity contribution in [1.29, 1.82) is 0 Å². The van der Waals surface area contributed by atoms with Crippen LogP contribution in [0.2, 0.25) is 0 Å². The van der Waals surface area contributed by atoms with E-state index in [1.807, 2.05) is 6.07 Å². The Labute approximate surface area is 139 Å². The van der Waals surface area contributed by atoms with E-state index < -0.39 is 17.8 Å². The molecule has 2 N–H and O–H groups in total. The first-order chi connectivity index (χ1) is 11.6. The summed E-state index contributed by atoms with van der Waals surface area (Å²) in [7, 11) is 1.28. The highest BCUT2D eigenvalue weighted by atomic mass is 16.5. The highest BCUT2D eigenvalue weighted by Crippen LogP contribution is 2.11. The van der Waals surface area contributed by atoms with Crippen LogP contribution in [0.25, 0.3) is 0 Å². The van der Waals surface area contributed by atoms with Crippen molar-refractivity contribution in [2.24, 2.45) is 0 Å². The van der Waals surface area contributed by atoms with E-state index in [-0.39, 0.29) is 6.42 Å². The molecule has 7 heteroatoms. The number of amides is 2. The Kier molecular flexibility index (Phi) is 6.01. The van der Waals surface area contributed by atoms with Crippen molar-refractivity contribution in [1.82, 2.24) is 10.3 Å². The Morgan fingerprint density at radius 2 is 1.96 bits per heavy atom. The quantitative estimate of drug-likeness (QED) is 0.619. The number of ether oxygens (including phenoxy) is 1. The zero-order valence-corrected chi connectivity index (χ0v) is 13.1. The minimum absolute atomic E-state index is 0.303. The summed E-state index contributed by atoms with van der Waals surface area (Å²) in [5.41, 5.74) is 1.58. The van der Waals surface area contributed by atoms with Crippen LogP contribution in [0.5, 0.6) is 0 Å². The molecule has 0 aliphatic rings. The molecule has 2 amide bonds. The van der Waals surface area contributed by atoms with Gasteiger partial charge >= 0.3 is 5.97 Å². The lowest BCUT2D eigenvalue weighted by Crippen LogP contribution is -2.27. The maximum atomic E-state index is 11.9. The molecule has 2 rings (SSSR count). The highest BCUT2D eigenvalue weighted by molar-refractivity contribution is 6.04. The van der Waals surface area contributed by atoms with Crippen LogP contribution in [0.4, 0.5) is 5.69 Å². The fourth-order valence-corrected chi connectivity index (χ4v) is 1.96. The van der Waals surface area contributed by atoms with Gasteiger partial charge in [-0.25, -0.2) is 4.79 Å². The summed E-state index contributed by atoms with van der Waals surface area (Å²) in [5.74, 6) is -1.37. The molecular weight excluding hydrogens is 310 g/mol. The first-order valence-electron chi connectivity index (χ1n) is 7.22. The third-order valence-electron chi connectivity index (χ3n) is 3.10. The molecule has 0 bridgehead atoms. The van der Waals surface area contributed by atoms with Crippen molar-refractivity contribution in [2.45, 2.75) is 13.0 Å². The molecule has 0 radical (unpaired) electrons. The zero-order valence-electron chi connectivity index (χ0n) is 13.1. The average molecular weight is 327 g/mol. The van der Waals surface area contributed by atoms with Crippen molar-refractivity contribution in [3.05, 3.63) is 59.9 Å². The van der Waals surface area contributed by atoms with Gasteiger partial charge in [0.05, 0.1) is 12.7 Å². The van der Waals surface area contributed by atoms with E-state index in [9.17, 15) is 14.4 Å². The van der Waals surface area contributed by atoms with Crippen molar-refractivity contribution in [3.63, 3.8) is 0 Å². The van der Waals surface area contributed by atoms with E-state index in [0.717, 1.165) is 5.56 Å². The molecule has 24 heavy (non-hydrogen) atoms. The Bertz CT molecular complexity index is 732. The number of rotatable bonds is 6. The number of pyridine rings is 1. The van der Waals surface area contributed by atoms with E-state index in [0.29, 0.717) is 17.8 Å². The summed E-state index contributed by atoms with van der Waals surface area (Å²) < 4.78 is 4.61. The molecule has 0 spiro atoms. The molecule has 0 atom stereocenters. The van der Waals surface area contributed by atoms with Gasteiger partial charge in [0.25, 0.3) is 0 Å². The first-order valence-corrected chi connectivity index (χ1v) is 7.22. The topological polar surface area (TPSA) is 97.4 Å². The summed E-state index contributed by atoms with van der Waals surface area (Å²) in [6, 6.07) is 9.88. The number of hydrogen-bond donors (Lipinski definition) is 2.